The highest BCUT2D eigenvalue weighted by atomic mass is 16.6. The number of rotatable bonds is 7. The first-order valence-corrected chi connectivity index (χ1v) is 6.98. The third kappa shape index (κ3) is 3.89. The number of nitrogens with zero attached hydrogens (tertiary/aromatic N) is 1. The van der Waals surface area contributed by atoms with E-state index >= 15 is 0 Å². The summed E-state index contributed by atoms with van der Waals surface area (Å²) < 4.78 is 10.5. The van der Waals surface area contributed by atoms with Crippen LogP contribution in [0.25, 0.3) is 5.70 Å². The number of allylic oxidation sites excluding steroid dienone is 1. The molecule has 1 N–H and O–H groups in total. The molecular formula is C17H16N2O5. The molecule has 0 spiro atoms. The number of ether oxygens (including phenoxy) is 2. The lowest BCUT2D eigenvalue weighted by Gasteiger charge is -2.15. The molecular weight excluding hydrogens is 312 g/mol. The van der Waals surface area contributed by atoms with Gasteiger partial charge in [0, 0.05) is 35.5 Å². The fourth-order valence-electron chi connectivity index (χ4n) is 2.12. The summed E-state index contributed by atoms with van der Waals surface area (Å²) in [6, 6.07) is 11.1. The van der Waals surface area contributed by atoms with E-state index < -0.39 is 4.92 Å². The van der Waals surface area contributed by atoms with Crippen molar-refractivity contribution in [2.24, 2.45) is 0 Å². The van der Waals surface area contributed by atoms with Crippen LogP contribution in [0.3, 0.4) is 0 Å². The maximum Gasteiger partial charge on any atom is 0.270 e. The molecule has 7 nitrogen and oxygen atoms in total. The number of benzene rings is 2. The number of non-ortho nitro benzene ring substituents is 1. The maximum atomic E-state index is 11.0. The summed E-state index contributed by atoms with van der Waals surface area (Å²) in [6.45, 7) is 0. The van der Waals surface area contributed by atoms with Crippen LogP contribution in [0.4, 0.5) is 11.4 Å². The second-order valence-electron chi connectivity index (χ2n) is 4.72. The standard InChI is InChI=1S/C17H16N2O5/c1-23-14-6-7-17(24-2)16(11-14)18-15(8-9-20)12-4-3-5-13(10-12)19(21)22/h3-11,18H,1-2H3/b15-8-. The number of carbonyl (C=O) groups excluding carboxylic acids is 1. The van der Waals surface area contributed by atoms with Gasteiger partial charge in [-0.05, 0) is 12.1 Å². The Kier molecular flexibility index (Phi) is 5.51. The van der Waals surface area contributed by atoms with Crippen LogP contribution < -0.4 is 14.8 Å². The first-order valence-electron chi connectivity index (χ1n) is 6.98. The molecule has 0 saturated carbocycles. The van der Waals surface area contributed by atoms with E-state index in [1.165, 1.54) is 32.4 Å². The van der Waals surface area contributed by atoms with Gasteiger partial charge in [0.25, 0.3) is 5.69 Å². The minimum Gasteiger partial charge on any atom is -0.497 e. The molecule has 0 fully saturated rings. The zero-order valence-corrected chi connectivity index (χ0v) is 13.2. The van der Waals surface area contributed by atoms with Crippen molar-refractivity contribution in [2.75, 3.05) is 19.5 Å². The smallest absolute Gasteiger partial charge is 0.270 e. The van der Waals surface area contributed by atoms with Gasteiger partial charge in [0.2, 0.25) is 0 Å². The fraction of sp³-hybridized carbons (Fsp3) is 0.118. The van der Waals surface area contributed by atoms with Gasteiger partial charge >= 0.3 is 0 Å². The topological polar surface area (TPSA) is 90.7 Å². The molecule has 0 aliphatic heterocycles. The van der Waals surface area contributed by atoms with Crippen LogP contribution in [0.2, 0.25) is 0 Å². The van der Waals surface area contributed by atoms with Gasteiger partial charge in [0.05, 0.1) is 24.8 Å². The third-order valence-corrected chi connectivity index (χ3v) is 3.28. The summed E-state index contributed by atoms with van der Waals surface area (Å²) in [5.74, 6) is 1.14. The van der Waals surface area contributed by atoms with Crippen LogP contribution in [-0.4, -0.2) is 25.4 Å². The van der Waals surface area contributed by atoms with E-state index in [9.17, 15) is 14.9 Å². The van der Waals surface area contributed by atoms with Gasteiger partial charge < -0.3 is 14.8 Å². The van der Waals surface area contributed by atoms with Crippen molar-refractivity contribution < 1.29 is 19.2 Å². The van der Waals surface area contributed by atoms with E-state index in [-0.39, 0.29) is 5.69 Å². The van der Waals surface area contributed by atoms with Crippen LogP contribution in [0.1, 0.15) is 5.56 Å². The number of nitro benzene ring substituents is 1. The van der Waals surface area contributed by atoms with E-state index in [0.29, 0.717) is 34.7 Å². The number of nitro groups is 1. The van der Waals surface area contributed by atoms with E-state index in [4.69, 9.17) is 9.47 Å². The molecule has 0 aliphatic carbocycles. The molecule has 7 heteroatoms. The number of hydrogen-bond acceptors (Lipinski definition) is 6. The zero-order valence-electron chi connectivity index (χ0n) is 13.2. The van der Waals surface area contributed by atoms with Crippen molar-refractivity contribution >= 4 is 23.4 Å². The summed E-state index contributed by atoms with van der Waals surface area (Å²) in [6.07, 6.45) is 1.89. The largest absolute Gasteiger partial charge is 0.497 e. The SMILES string of the molecule is COc1ccc(OC)c(N/C(=C\C=O)c2cccc([N+](=O)[O-])c2)c1. The molecule has 124 valence electrons. The van der Waals surface area contributed by atoms with Crippen LogP contribution in [0, 0.1) is 10.1 Å². The lowest BCUT2D eigenvalue weighted by atomic mass is 10.1. The van der Waals surface area contributed by atoms with Gasteiger partial charge in [-0.2, -0.15) is 0 Å². The van der Waals surface area contributed by atoms with E-state index in [1.54, 1.807) is 30.3 Å². The summed E-state index contributed by atoms with van der Waals surface area (Å²) in [5, 5.41) is 14.0. The maximum absolute atomic E-state index is 11.0. The average Bonchev–Trinajstić information content (AvgIpc) is 2.61. The first-order chi connectivity index (χ1) is 11.6. The molecule has 0 bridgehead atoms. The number of anilines is 1. The normalized spacial score (nSPS) is 10.8. The molecule has 24 heavy (non-hydrogen) atoms. The van der Waals surface area contributed by atoms with Gasteiger partial charge in [0.15, 0.2) is 0 Å². The number of hydrogen-bond donors (Lipinski definition) is 1. The van der Waals surface area contributed by atoms with Crippen molar-refractivity contribution in [1.29, 1.82) is 0 Å². The monoisotopic (exact) mass is 328 g/mol. The molecule has 0 heterocycles. The average molecular weight is 328 g/mol. The lowest BCUT2D eigenvalue weighted by Crippen LogP contribution is -2.02. The second-order valence-corrected chi connectivity index (χ2v) is 4.72. The molecule has 2 aromatic rings. The molecule has 0 atom stereocenters. The van der Waals surface area contributed by atoms with Gasteiger partial charge in [-0.15, -0.1) is 0 Å². The molecule has 2 aromatic carbocycles. The minimum atomic E-state index is -0.492. The summed E-state index contributed by atoms with van der Waals surface area (Å²) in [7, 11) is 3.05. The van der Waals surface area contributed by atoms with Crippen molar-refractivity contribution in [3.63, 3.8) is 0 Å². The van der Waals surface area contributed by atoms with Crippen LogP contribution in [0.5, 0.6) is 11.5 Å². The molecule has 0 aromatic heterocycles. The molecule has 0 unspecified atom stereocenters. The Balaban J connectivity index is 2.43. The first kappa shape index (κ1) is 17.0. The van der Waals surface area contributed by atoms with Crippen molar-refractivity contribution in [3.05, 3.63) is 64.2 Å². The van der Waals surface area contributed by atoms with E-state index in [0.717, 1.165) is 0 Å². The Morgan fingerprint density at radius 3 is 2.58 bits per heavy atom. The highest BCUT2D eigenvalue weighted by Crippen LogP contribution is 2.32. The van der Waals surface area contributed by atoms with Crippen molar-refractivity contribution in [1.82, 2.24) is 0 Å². The van der Waals surface area contributed by atoms with Crippen LogP contribution in [0.15, 0.2) is 48.5 Å². The fourth-order valence-corrected chi connectivity index (χ4v) is 2.12. The summed E-state index contributed by atoms with van der Waals surface area (Å²) in [5.41, 5.74) is 1.40. The van der Waals surface area contributed by atoms with Gasteiger partial charge in [-0.25, -0.2) is 0 Å². The van der Waals surface area contributed by atoms with E-state index in [2.05, 4.69) is 5.32 Å². The minimum absolute atomic E-state index is 0.0660. The number of nitrogens with one attached hydrogen (secondary N) is 1. The van der Waals surface area contributed by atoms with Gasteiger partial charge in [-0.3, -0.25) is 14.9 Å². The van der Waals surface area contributed by atoms with Gasteiger partial charge in [-0.1, -0.05) is 12.1 Å². The Morgan fingerprint density at radius 1 is 1.17 bits per heavy atom. The van der Waals surface area contributed by atoms with Crippen molar-refractivity contribution in [3.8, 4) is 11.5 Å². The highest BCUT2D eigenvalue weighted by molar-refractivity contribution is 5.88. The Labute approximate surface area is 138 Å². The Morgan fingerprint density at radius 2 is 1.96 bits per heavy atom. The number of carbonyl (C=O) groups is 1. The Hall–Kier alpha value is -3.35. The predicted molar refractivity (Wildman–Crippen MR) is 90.3 cm³/mol. The second kappa shape index (κ2) is 7.77. The number of aldehydes is 1. The zero-order chi connectivity index (χ0) is 17.5. The van der Waals surface area contributed by atoms with Gasteiger partial charge in [0.1, 0.15) is 17.8 Å². The molecule has 0 saturated heterocycles. The lowest BCUT2D eigenvalue weighted by molar-refractivity contribution is -0.384. The molecule has 2 rings (SSSR count). The summed E-state index contributed by atoms with van der Waals surface area (Å²) >= 11 is 0. The van der Waals surface area contributed by atoms with Crippen LogP contribution >= 0.6 is 0 Å². The molecule has 0 amide bonds. The Bertz CT molecular complexity index is 786. The number of methoxy groups -OCH3 is 2. The quantitative estimate of drug-likeness (QED) is 0.363. The molecule has 0 aliphatic rings. The molecule has 0 radical (unpaired) electrons. The van der Waals surface area contributed by atoms with Crippen LogP contribution in [-0.2, 0) is 4.79 Å². The highest BCUT2D eigenvalue weighted by Gasteiger charge is 2.12. The van der Waals surface area contributed by atoms with E-state index in [1.807, 2.05) is 0 Å². The predicted octanol–water partition coefficient (Wildman–Crippen LogP) is 3.26. The third-order valence-electron chi connectivity index (χ3n) is 3.28. The summed E-state index contributed by atoms with van der Waals surface area (Å²) in [4.78, 5) is 21.4. The van der Waals surface area contributed by atoms with Crippen molar-refractivity contribution in [2.45, 2.75) is 0 Å².